The number of benzene rings is 2. The SMILES string of the molecule is CN(CCN1C(=O)c2ccccc2S1(=O)=O)C1COc2ccccc2O1. The minimum absolute atomic E-state index is 0.0495. The lowest BCUT2D eigenvalue weighted by Crippen LogP contribution is -2.47. The number of hydrogen-bond acceptors (Lipinski definition) is 6. The number of likely N-dealkylation sites (N-methyl/N-ethyl adjacent to an activating group) is 1. The number of sulfonamides is 1. The van der Waals surface area contributed by atoms with Gasteiger partial charge in [-0.1, -0.05) is 24.3 Å². The monoisotopic (exact) mass is 374 g/mol. The van der Waals surface area contributed by atoms with Crippen molar-refractivity contribution in [1.82, 2.24) is 9.21 Å². The number of carbonyl (C=O) groups excluding carboxylic acids is 1. The zero-order valence-electron chi connectivity index (χ0n) is 14.2. The number of ether oxygens (including phenoxy) is 2. The molecule has 2 aromatic carbocycles. The maximum Gasteiger partial charge on any atom is 0.269 e. The first kappa shape index (κ1) is 16.9. The van der Waals surface area contributed by atoms with Crippen LogP contribution in [0.1, 0.15) is 10.4 Å². The number of fused-ring (bicyclic) bond motifs is 2. The van der Waals surface area contributed by atoms with Gasteiger partial charge in [0.15, 0.2) is 17.7 Å². The zero-order chi connectivity index (χ0) is 18.3. The fourth-order valence-electron chi connectivity index (χ4n) is 3.07. The van der Waals surface area contributed by atoms with Crippen LogP contribution in [0.25, 0.3) is 0 Å². The molecule has 0 fully saturated rings. The van der Waals surface area contributed by atoms with Gasteiger partial charge >= 0.3 is 0 Å². The van der Waals surface area contributed by atoms with E-state index in [1.165, 1.54) is 12.1 Å². The predicted octanol–water partition coefficient (Wildman–Crippen LogP) is 1.56. The maximum atomic E-state index is 12.6. The molecular formula is C18H18N2O5S. The van der Waals surface area contributed by atoms with Crippen LogP contribution in [-0.4, -0.2) is 56.5 Å². The molecule has 1 amide bonds. The van der Waals surface area contributed by atoms with E-state index in [2.05, 4.69) is 0 Å². The van der Waals surface area contributed by atoms with Crippen molar-refractivity contribution in [3.05, 3.63) is 54.1 Å². The Balaban J connectivity index is 1.44. The minimum atomic E-state index is -3.79. The second-order valence-corrected chi connectivity index (χ2v) is 8.02. The summed E-state index contributed by atoms with van der Waals surface area (Å²) in [6, 6.07) is 13.6. The molecule has 136 valence electrons. The quantitative estimate of drug-likeness (QED) is 0.808. The van der Waals surface area contributed by atoms with Crippen LogP contribution in [0, 0.1) is 0 Å². The lowest BCUT2D eigenvalue weighted by molar-refractivity contribution is -0.0160. The Morgan fingerprint density at radius 3 is 2.58 bits per heavy atom. The molecule has 8 heteroatoms. The Morgan fingerprint density at radius 1 is 1.12 bits per heavy atom. The largest absolute Gasteiger partial charge is 0.484 e. The van der Waals surface area contributed by atoms with Crippen molar-refractivity contribution in [1.29, 1.82) is 0 Å². The van der Waals surface area contributed by atoms with E-state index < -0.39 is 15.9 Å². The number of amides is 1. The lowest BCUT2D eigenvalue weighted by atomic mass is 10.2. The van der Waals surface area contributed by atoms with Gasteiger partial charge < -0.3 is 9.47 Å². The van der Waals surface area contributed by atoms with Crippen LogP contribution in [-0.2, 0) is 10.0 Å². The average Bonchev–Trinajstić information content (AvgIpc) is 2.86. The number of hydrogen-bond donors (Lipinski definition) is 0. The summed E-state index contributed by atoms with van der Waals surface area (Å²) >= 11 is 0. The molecule has 1 unspecified atom stereocenters. The van der Waals surface area contributed by atoms with Gasteiger partial charge in [0.25, 0.3) is 15.9 Å². The standard InChI is InChI=1S/C18H18N2O5S/c1-19(17-12-24-14-7-3-4-8-15(14)25-17)10-11-20-18(21)13-6-2-5-9-16(13)26(20,22)23/h2-9,17H,10-12H2,1H3. The first-order chi connectivity index (χ1) is 12.5. The second kappa shape index (κ2) is 6.30. The van der Waals surface area contributed by atoms with Gasteiger partial charge in [0, 0.05) is 6.54 Å². The molecule has 0 aromatic heterocycles. The summed E-state index contributed by atoms with van der Waals surface area (Å²) in [5.74, 6) is 0.845. The number of rotatable bonds is 4. The summed E-state index contributed by atoms with van der Waals surface area (Å²) in [6.45, 7) is 0.706. The molecule has 2 aliphatic heterocycles. The van der Waals surface area contributed by atoms with Crippen LogP contribution in [0.5, 0.6) is 11.5 Å². The third kappa shape index (κ3) is 2.71. The second-order valence-electron chi connectivity index (χ2n) is 6.19. The molecule has 0 saturated carbocycles. The van der Waals surface area contributed by atoms with Crippen LogP contribution in [0.3, 0.4) is 0 Å². The summed E-state index contributed by atoms with van der Waals surface area (Å²) < 4.78 is 37.7. The van der Waals surface area contributed by atoms with Crippen molar-refractivity contribution in [3.8, 4) is 11.5 Å². The molecule has 2 aliphatic rings. The van der Waals surface area contributed by atoms with E-state index in [1.54, 1.807) is 12.1 Å². The molecule has 0 saturated heterocycles. The van der Waals surface area contributed by atoms with Crippen molar-refractivity contribution >= 4 is 15.9 Å². The fourth-order valence-corrected chi connectivity index (χ4v) is 4.63. The molecule has 2 aromatic rings. The highest BCUT2D eigenvalue weighted by Crippen LogP contribution is 2.32. The molecular weight excluding hydrogens is 356 g/mol. The van der Waals surface area contributed by atoms with E-state index >= 15 is 0 Å². The van der Waals surface area contributed by atoms with E-state index in [0.29, 0.717) is 24.7 Å². The van der Waals surface area contributed by atoms with E-state index in [4.69, 9.17) is 9.47 Å². The summed E-state index contributed by atoms with van der Waals surface area (Å²) in [5.41, 5.74) is 0.223. The van der Waals surface area contributed by atoms with Crippen LogP contribution in [0.2, 0.25) is 0 Å². The highest BCUT2D eigenvalue weighted by molar-refractivity contribution is 7.90. The molecule has 0 N–H and O–H groups in total. The maximum absolute atomic E-state index is 12.6. The molecule has 0 spiro atoms. The van der Waals surface area contributed by atoms with Crippen molar-refractivity contribution in [3.63, 3.8) is 0 Å². The minimum Gasteiger partial charge on any atom is -0.484 e. The molecule has 1 atom stereocenters. The highest BCUT2D eigenvalue weighted by atomic mass is 32.2. The van der Waals surface area contributed by atoms with Crippen LogP contribution in [0.15, 0.2) is 53.4 Å². The van der Waals surface area contributed by atoms with Crippen molar-refractivity contribution < 1.29 is 22.7 Å². The van der Waals surface area contributed by atoms with Gasteiger partial charge in [-0.15, -0.1) is 0 Å². The first-order valence-corrected chi connectivity index (χ1v) is 9.67. The molecule has 26 heavy (non-hydrogen) atoms. The van der Waals surface area contributed by atoms with E-state index in [9.17, 15) is 13.2 Å². The number of nitrogens with zero attached hydrogens (tertiary/aromatic N) is 2. The van der Waals surface area contributed by atoms with Gasteiger partial charge in [0.05, 0.1) is 12.1 Å². The topological polar surface area (TPSA) is 76.2 Å². The first-order valence-electron chi connectivity index (χ1n) is 8.23. The van der Waals surface area contributed by atoms with Crippen molar-refractivity contribution in [2.75, 3.05) is 26.7 Å². The summed E-state index contributed by atoms with van der Waals surface area (Å²) in [4.78, 5) is 14.3. The summed E-state index contributed by atoms with van der Waals surface area (Å²) in [5, 5.41) is 0. The van der Waals surface area contributed by atoms with Gasteiger partial charge in [-0.05, 0) is 31.3 Å². The van der Waals surface area contributed by atoms with E-state index in [1.807, 2.05) is 36.2 Å². The van der Waals surface area contributed by atoms with E-state index in [-0.39, 0.29) is 23.2 Å². The number of carbonyl (C=O) groups is 1. The number of para-hydroxylation sites is 2. The van der Waals surface area contributed by atoms with Gasteiger partial charge in [-0.3, -0.25) is 9.69 Å². The molecule has 0 aliphatic carbocycles. The van der Waals surface area contributed by atoms with Crippen molar-refractivity contribution in [2.45, 2.75) is 11.1 Å². The van der Waals surface area contributed by atoms with Crippen LogP contribution >= 0.6 is 0 Å². The Labute approximate surface area is 151 Å². The fraction of sp³-hybridized carbons (Fsp3) is 0.278. The van der Waals surface area contributed by atoms with Gasteiger partial charge in [-0.2, -0.15) is 0 Å². The smallest absolute Gasteiger partial charge is 0.269 e. The normalized spacial score (nSPS) is 20.3. The van der Waals surface area contributed by atoms with Gasteiger partial charge in [0.2, 0.25) is 0 Å². The van der Waals surface area contributed by atoms with Crippen LogP contribution < -0.4 is 9.47 Å². The third-order valence-corrected chi connectivity index (χ3v) is 6.39. The molecule has 0 bridgehead atoms. The van der Waals surface area contributed by atoms with Gasteiger partial charge in [-0.25, -0.2) is 12.7 Å². The van der Waals surface area contributed by atoms with Crippen LogP contribution in [0.4, 0.5) is 0 Å². The highest BCUT2D eigenvalue weighted by Gasteiger charge is 2.40. The summed E-state index contributed by atoms with van der Waals surface area (Å²) in [7, 11) is -1.98. The lowest BCUT2D eigenvalue weighted by Gasteiger charge is -2.33. The Kier molecular flexibility index (Phi) is 4.08. The molecule has 2 heterocycles. The third-order valence-electron chi connectivity index (χ3n) is 4.55. The van der Waals surface area contributed by atoms with E-state index in [0.717, 1.165) is 4.31 Å². The summed E-state index contributed by atoms with van der Waals surface area (Å²) in [6.07, 6.45) is -0.354. The average molecular weight is 374 g/mol. The molecule has 4 rings (SSSR count). The Bertz CT molecular complexity index is 960. The Morgan fingerprint density at radius 2 is 1.81 bits per heavy atom. The van der Waals surface area contributed by atoms with Gasteiger partial charge in [0.1, 0.15) is 11.5 Å². The predicted molar refractivity (Wildman–Crippen MR) is 93.6 cm³/mol. The Hall–Kier alpha value is -2.58. The molecule has 0 radical (unpaired) electrons. The van der Waals surface area contributed by atoms with Crippen molar-refractivity contribution in [2.24, 2.45) is 0 Å². The molecule has 7 nitrogen and oxygen atoms in total. The zero-order valence-corrected chi connectivity index (χ0v) is 15.0.